The third-order valence-electron chi connectivity index (χ3n) is 0.755. The van der Waals surface area contributed by atoms with Crippen molar-refractivity contribution in [3.63, 3.8) is 0 Å². The molecule has 0 aromatic heterocycles. The van der Waals surface area contributed by atoms with Crippen molar-refractivity contribution in [2.24, 2.45) is 0 Å². The zero-order chi connectivity index (χ0) is 14.4. The molecule has 0 bridgehead atoms. The number of methoxy groups -OCH3 is 1. The van der Waals surface area contributed by atoms with Crippen LogP contribution < -0.4 is 0 Å². The van der Waals surface area contributed by atoms with Crippen molar-refractivity contribution in [3.05, 3.63) is 0 Å². The van der Waals surface area contributed by atoms with Gasteiger partial charge in [-0.3, -0.25) is 4.70 Å². The Morgan fingerprint density at radius 1 is 0.882 bits per heavy atom. The first kappa shape index (κ1) is 36.0. The van der Waals surface area contributed by atoms with Gasteiger partial charge in [0, 0.05) is 52.9 Å². The maximum absolute atomic E-state index is 8.00. The maximum atomic E-state index is 8.00. The molecule has 0 aliphatic carbocycles. The fourth-order valence-electron chi connectivity index (χ4n) is 0.350. The second-order valence-electron chi connectivity index (χ2n) is 1.41. The van der Waals surface area contributed by atoms with Crippen molar-refractivity contribution in [3.8, 4) is 0 Å². The highest BCUT2D eigenvalue weighted by Gasteiger charge is 2.21. The highest BCUT2D eigenvalue weighted by molar-refractivity contribution is 4.66. The lowest BCUT2D eigenvalue weighted by Crippen LogP contribution is -1.94. The van der Waals surface area contributed by atoms with Crippen LogP contribution in [-0.2, 0) is 9.47 Å². The van der Waals surface area contributed by atoms with E-state index in [9.17, 15) is 0 Å². The molecule has 0 amide bonds. The minimum atomic E-state index is 0. The Hall–Kier alpha value is -0.850. The van der Waals surface area contributed by atoms with Crippen LogP contribution in [0.5, 0.6) is 0 Å². The number of halogens is 11. The summed E-state index contributed by atoms with van der Waals surface area (Å²) < 4.78 is 89.6. The van der Waals surface area contributed by atoms with Gasteiger partial charge in [-0.15, -0.1) is 0 Å². The van der Waals surface area contributed by atoms with E-state index in [1.165, 1.54) is 0 Å². The van der Waals surface area contributed by atoms with Gasteiger partial charge in [-0.05, 0) is 0 Å². The van der Waals surface area contributed by atoms with E-state index in [2.05, 4.69) is 0 Å². The maximum Gasteiger partial charge on any atom is 0.104 e. The summed E-state index contributed by atoms with van der Waals surface area (Å²) in [6, 6.07) is 0. The highest BCUT2D eigenvalue weighted by Crippen LogP contribution is 2.06. The van der Waals surface area contributed by atoms with Crippen LogP contribution >= 0.6 is 0 Å². The molecule has 1 aliphatic rings. The standard InChI is InChI=1S/C4H8O2.5F2.FH/c1-5-2-4-3-6-4;5*1-2;/h4H,2-3H2,1H3;;;;;;1H. The summed E-state index contributed by atoms with van der Waals surface area (Å²) in [7, 11) is 1.68. The average molecular weight is 298 g/mol. The summed E-state index contributed by atoms with van der Waals surface area (Å²) >= 11 is 0. The summed E-state index contributed by atoms with van der Waals surface area (Å²) in [6.45, 7) is 1.66. The monoisotopic (exact) mass is 298 g/mol. The Labute approximate surface area is 87.8 Å². The lowest BCUT2D eigenvalue weighted by atomic mass is 10.5. The number of epoxide rings is 1. The Bertz CT molecular complexity index is 56.7. The van der Waals surface area contributed by atoms with Gasteiger partial charge in [0.1, 0.15) is 6.10 Å². The van der Waals surface area contributed by atoms with Crippen LogP contribution in [0.4, 0.5) is 50.4 Å². The first-order valence-electron chi connectivity index (χ1n) is 2.75. The van der Waals surface area contributed by atoms with Crippen molar-refractivity contribution in [1.29, 1.82) is 0 Å². The largest absolute Gasteiger partial charge is 0.382 e. The van der Waals surface area contributed by atoms with Crippen LogP contribution in [0.15, 0.2) is 0 Å². The normalized spacial score (nSPS) is 12.5. The van der Waals surface area contributed by atoms with Crippen molar-refractivity contribution in [2.75, 3.05) is 20.3 Å². The van der Waals surface area contributed by atoms with E-state index in [-0.39, 0.29) is 4.70 Å². The molecular formula is C4H9F11O2. The average Bonchev–Trinajstić information content (AvgIpc) is 3.26. The minimum absolute atomic E-state index is 0. The molecule has 0 aromatic rings. The summed E-state index contributed by atoms with van der Waals surface area (Å²) in [5, 5.41) is 0. The van der Waals surface area contributed by atoms with Gasteiger partial charge in [0.25, 0.3) is 0 Å². The second-order valence-corrected chi connectivity index (χ2v) is 1.41. The van der Waals surface area contributed by atoms with Crippen LogP contribution in [-0.4, -0.2) is 26.4 Å². The van der Waals surface area contributed by atoms with Gasteiger partial charge in [-0.2, -0.15) is 0 Å². The second kappa shape index (κ2) is 80.2. The molecule has 1 rings (SSSR count). The molecule has 0 N–H and O–H groups in total. The van der Waals surface area contributed by atoms with Gasteiger partial charge in [-0.25, -0.2) is 0 Å². The van der Waals surface area contributed by atoms with E-state index in [1.807, 2.05) is 0 Å². The van der Waals surface area contributed by atoms with E-state index in [0.29, 0.717) is 6.10 Å². The number of hydrogen-bond donors (Lipinski definition) is 0. The summed E-state index contributed by atoms with van der Waals surface area (Å²) in [6.07, 6.45) is 0.426. The zero-order valence-electron chi connectivity index (χ0n) is 8.00. The van der Waals surface area contributed by atoms with Crippen molar-refractivity contribution in [1.82, 2.24) is 0 Å². The minimum Gasteiger partial charge on any atom is -0.382 e. The van der Waals surface area contributed by atoms with Crippen LogP contribution in [0.2, 0.25) is 0 Å². The molecule has 13 heteroatoms. The van der Waals surface area contributed by atoms with E-state index >= 15 is 0 Å². The molecule has 1 saturated heterocycles. The van der Waals surface area contributed by atoms with Gasteiger partial charge in [0.2, 0.25) is 0 Å². The Morgan fingerprint density at radius 2 is 1.12 bits per heavy atom. The van der Waals surface area contributed by atoms with Crippen LogP contribution in [0.25, 0.3) is 0 Å². The molecule has 0 aromatic carbocycles. The summed E-state index contributed by atoms with van der Waals surface area (Å²) in [5.41, 5.74) is 0. The predicted molar refractivity (Wildman–Crippen MR) is 35.2 cm³/mol. The van der Waals surface area contributed by atoms with Crippen molar-refractivity contribution < 1.29 is 59.9 Å². The molecule has 2 nitrogen and oxygen atoms in total. The zero-order valence-corrected chi connectivity index (χ0v) is 8.00. The van der Waals surface area contributed by atoms with Gasteiger partial charge >= 0.3 is 0 Å². The number of hydrogen-bond acceptors (Lipinski definition) is 2. The van der Waals surface area contributed by atoms with Gasteiger partial charge < -0.3 is 9.47 Å². The summed E-state index contributed by atoms with van der Waals surface area (Å²) in [5.74, 6) is 0. The lowest BCUT2D eigenvalue weighted by molar-refractivity contribution is 0.108. The van der Waals surface area contributed by atoms with Crippen LogP contribution in [0, 0.1) is 0 Å². The van der Waals surface area contributed by atoms with Gasteiger partial charge in [0.15, 0.2) is 0 Å². The molecule has 0 radical (unpaired) electrons. The molecule has 17 heavy (non-hydrogen) atoms. The molecule has 1 fully saturated rings. The molecular weight excluding hydrogens is 289 g/mol. The Balaban J connectivity index is -0.0000000242. The fourth-order valence-corrected chi connectivity index (χ4v) is 0.350. The molecule has 0 saturated carbocycles. The van der Waals surface area contributed by atoms with E-state index in [0.717, 1.165) is 13.2 Å². The first-order valence-corrected chi connectivity index (χ1v) is 2.75. The summed E-state index contributed by atoms with van der Waals surface area (Å²) in [4.78, 5) is 0. The molecule has 114 valence electrons. The van der Waals surface area contributed by atoms with E-state index < -0.39 is 0 Å². The fraction of sp³-hybridized carbons (Fsp3) is 1.00. The predicted octanol–water partition coefficient (Wildman–Crippen LogP) is 4.39. The number of ether oxygens (including phenoxy) is 2. The molecule has 0 spiro atoms. The molecule has 1 unspecified atom stereocenters. The van der Waals surface area contributed by atoms with Crippen LogP contribution in [0.1, 0.15) is 0 Å². The molecule has 1 atom stereocenters. The lowest BCUT2D eigenvalue weighted by Gasteiger charge is -1.84. The first-order chi connectivity index (χ1) is 7.93. The Kier molecular flexibility index (Phi) is 170. The number of rotatable bonds is 2. The highest BCUT2D eigenvalue weighted by atomic mass is 20.0. The van der Waals surface area contributed by atoms with E-state index in [1.54, 1.807) is 7.11 Å². The third kappa shape index (κ3) is 98.8. The smallest absolute Gasteiger partial charge is 0.104 e. The van der Waals surface area contributed by atoms with E-state index in [4.69, 9.17) is 55.2 Å². The molecule has 1 heterocycles. The molecule has 1 aliphatic heterocycles. The quantitative estimate of drug-likeness (QED) is 0.557. The third-order valence-corrected chi connectivity index (χ3v) is 0.755. The SMILES string of the molecule is COCC1CO1.F.FF.FF.FF.FF.FF. The van der Waals surface area contributed by atoms with Crippen molar-refractivity contribution >= 4 is 0 Å². The van der Waals surface area contributed by atoms with Gasteiger partial charge in [-0.1, -0.05) is 0 Å². The Morgan fingerprint density at radius 3 is 1.18 bits per heavy atom. The van der Waals surface area contributed by atoms with Crippen LogP contribution in [0.3, 0.4) is 0 Å². The van der Waals surface area contributed by atoms with Gasteiger partial charge in [0.05, 0.1) is 13.2 Å². The van der Waals surface area contributed by atoms with Crippen molar-refractivity contribution in [2.45, 2.75) is 6.10 Å². The topological polar surface area (TPSA) is 21.8 Å².